The van der Waals surface area contributed by atoms with E-state index in [4.69, 9.17) is 11.5 Å². The molecule has 29 heavy (non-hydrogen) atoms. The van der Waals surface area contributed by atoms with E-state index in [2.05, 4.69) is 9.97 Å². The molecule has 3 rings (SSSR count). The summed E-state index contributed by atoms with van der Waals surface area (Å²) in [6.45, 7) is 2.57. The predicted octanol–water partition coefficient (Wildman–Crippen LogP) is 3.46. The lowest BCUT2D eigenvalue weighted by Gasteiger charge is -2.20. The van der Waals surface area contributed by atoms with E-state index in [1.165, 1.54) is 11.6 Å². The molecule has 0 aliphatic rings. The Morgan fingerprint density at radius 1 is 1.10 bits per heavy atom. The van der Waals surface area contributed by atoms with Crippen molar-refractivity contribution in [3.8, 4) is 11.1 Å². The second kappa shape index (κ2) is 8.55. The van der Waals surface area contributed by atoms with Crippen LogP contribution in [-0.4, -0.2) is 28.5 Å². The lowest BCUT2D eigenvalue weighted by molar-refractivity contribution is -0.384. The van der Waals surface area contributed by atoms with E-state index < -0.39 is 0 Å². The van der Waals surface area contributed by atoms with Gasteiger partial charge in [0, 0.05) is 25.2 Å². The zero-order valence-electron chi connectivity index (χ0n) is 16.5. The highest BCUT2D eigenvalue weighted by atomic mass is 16.6. The Bertz CT molecular complexity index is 1020. The fraction of sp³-hybridized carbons (Fsp3) is 0.238. The maximum Gasteiger partial charge on any atom is 0.293 e. The van der Waals surface area contributed by atoms with Crippen LogP contribution in [0, 0.1) is 10.1 Å². The molecule has 0 fully saturated rings. The average molecular weight is 392 g/mol. The molecule has 0 saturated heterocycles. The molecule has 8 nitrogen and oxygen atoms in total. The number of nitro groups is 1. The van der Waals surface area contributed by atoms with Crippen LogP contribution < -0.4 is 16.4 Å². The summed E-state index contributed by atoms with van der Waals surface area (Å²) in [4.78, 5) is 21.5. The minimum atomic E-state index is -0.377. The zero-order chi connectivity index (χ0) is 21.0. The van der Waals surface area contributed by atoms with Crippen LogP contribution in [0.4, 0.5) is 23.1 Å². The lowest BCUT2D eigenvalue weighted by atomic mass is 10.0. The van der Waals surface area contributed by atoms with E-state index in [1.54, 1.807) is 6.07 Å². The van der Waals surface area contributed by atoms with Gasteiger partial charge in [0.2, 0.25) is 5.95 Å². The van der Waals surface area contributed by atoms with Gasteiger partial charge in [0.05, 0.1) is 10.6 Å². The normalized spacial score (nSPS) is 10.7. The van der Waals surface area contributed by atoms with E-state index in [0.29, 0.717) is 35.5 Å². The van der Waals surface area contributed by atoms with Gasteiger partial charge in [-0.2, -0.15) is 4.98 Å². The number of anilines is 3. The van der Waals surface area contributed by atoms with Crippen molar-refractivity contribution < 1.29 is 4.92 Å². The van der Waals surface area contributed by atoms with Gasteiger partial charge >= 0.3 is 0 Å². The van der Waals surface area contributed by atoms with Crippen LogP contribution in [0.25, 0.3) is 11.1 Å². The van der Waals surface area contributed by atoms with E-state index >= 15 is 0 Å². The topological polar surface area (TPSA) is 124 Å². The second-order valence-electron chi connectivity index (χ2n) is 6.76. The molecule has 0 amide bonds. The molecule has 4 N–H and O–H groups in total. The summed E-state index contributed by atoms with van der Waals surface area (Å²) in [7, 11) is 1.85. The summed E-state index contributed by atoms with van der Waals surface area (Å²) in [6, 6.07) is 15.1. The first kappa shape index (κ1) is 20.1. The zero-order valence-corrected chi connectivity index (χ0v) is 16.5. The number of nitrogens with zero attached hydrogens (tertiary/aromatic N) is 4. The molecule has 2 aromatic carbocycles. The maximum absolute atomic E-state index is 11.8. The summed E-state index contributed by atoms with van der Waals surface area (Å²) in [5.74, 6) is 0.309. The SMILES string of the molecule is CCc1nc(N)nc(N)c1-c1ccc(N(C)CCc2ccccc2)c([N+](=O)[O-])c1. The first-order chi connectivity index (χ1) is 13.9. The third kappa shape index (κ3) is 4.43. The predicted molar refractivity (Wildman–Crippen MR) is 116 cm³/mol. The first-order valence-electron chi connectivity index (χ1n) is 9.36. The van der Waals surface area contributed by atoms with Gasteiger partial charge in [-0.1, -0.05) is 43.3 Å². The molecular weight excluding hydrogens is 368 g/mol. The highest BCUT2D eigenvalue weighted by Gasteiger charge is 2.21. The standard InChI is InChI=1S/C21H24N6O2/c1-3-16-19(20(22)25-21(23)24-16)15-9-10-17(18(13-15)27(28)29)26(2)12-11-14-7-5-4-6-8-14/h4-10,13H,3,11-12H2,1-2H3,(H4,22,23,24,25). The minimum absolute atomic E-state index is 0.0105. The van der Waals surface area contributed by atoms with E-state index in [9.17, 15) is 10.1 Å². The molecule has 0 aliphatic carbocycles. The quantitative estimate of drug-likeness (QED) is 0.466. The van der Waals surface area contributed by atoms with Crippen LogP contribution in [-0.2, 0) is 12.8 Å². The summed E-state index contributed by atoms with van der Waals surface area (Å²) in [6.07, 6.45) is 1.37. The van der Waals surface area contributed by atoms with Crippen LogP contribution in [0.15, 0.2) is 48.5 Å². The van der Waals surface area contributed by atoms with Crippen molar-refractivity contribution in [2.75, 3.05) is 30.0 Å². The number of hydrogen-bond acceptors (Lipinski definition) is 7. The Labute approximate surface area is 169 Å². The Morgan fingerprint density at radius 3 is 2.48 bits per heavy atom. The molecule has 0 saturated carbocycles. The van der Waals surface area contributed by atoms with E-state index in [-0.39, 0.29) is 22.4 Å². The number of aromatic nitrogens is 2. The monoisotopic (exact) mass is 392 g/mol. The van der Waals surface area contributed by atoms with Crippen molar-refractivity contribution >= 4 is 23.1 Å². The third-order valence-corrected chi connectivity index (χ3v) is 4.81. The number of aryl methyl sites for hydroxylation is 1. The van der Waals surface area contributed by atoms with E-state index in [0.717, 1.165) is 6.42 Å². The summed E-state index contributed by atoms with van der Waals surface area (Å²) in [5, 5.41) is 11.8. The van der Waals surface area contributed by atoms with Crippen molar-refractivity contribution in [3.05, 3.63) is 69.9 Å². The van der Waals surface area contributed by atoms with E-state index in [1.807, 2.05) is 55.3 Å². The molecule has 0 aliphatic heterocycles. The molecule has 0 spiro atoms. The first-order valence-corrected chi connectivity index (χ1v) is 9.36. The number of nitrogen functional groups attached to an aromatic ring is 2. The summed E-state index contributed by atoms with van der Waals surface area (Å²) >= 11 is 0. The Kier molecular flexibility index (Phi) is 5.92. The molecule has 8 heteroatoms. The largest absolute Gasteiger partial charge is 0.383 e. The lowest BCUT2D eigenvalue weighted by Crippen LogP contribution is -2.21. The van der Waals surface area contributed by atoms with Crippen molar-refractivity contribution in [2.24, 2.45) is 0 Å². The molecule has 1 aromatic heterocycles. The fourth-order valence-electron chi connectivity index (χ4n) is 3.33. The van der Waals surface area contributed by atoms with Gasteiger partial charge in [0.1, 0.15) is 11.5 Å². The molecular formula is C21H24N6O2. The van der Waals surface area contributed by atoms with Gasteiger partial charge < -0.3 is 16.4 Å². The van der Waals surface area contributed by atoms with Gasteiger partial charge in [-0.25, -0.2) is 4.98 Å². The van der Waals surface area contributed by atoms with Crippen LogP contribution in [0.1, 0.15) is 18.2 Å². The minimum Gasteiger partial charge on any atom is -0.383 e. The molecule has 0 atom stereocenters. The fourth-order valence-corrected chi connectivity index (χ4v) is 3.33. The Balaban J connectivity index is 1.95. The number of hydrogen-bond donors (Lipinski definition) is 2. The van der Waals surface area contributed by atoms with Gasteiger partial charge in [-0.3, -0.25) is 10.1 Å². The number of nitro benzene ring substituents is 1. The molecule has 0 bridgehead atoms. The Hall–Kier alpha value is -3.68. The van der Waals surface area contributed by atoms with Crippen molar-refractivity contribution in [1.29, 1.82) is 0 Å². The van der Waals surface area contributed by atoms with Crippen molar-refractivity contribution in [3.63, 3.8) is 0 Å². The third-order valence-electron chi connectivity index (χ3n) is 4.81. The average Bonchev–Trinajstić information content (AvgIpc) is 2.71. The highest BCUT2D eigenvalue weighted by Crippen LogP contribution is 2.36. The smallest absolute Gasteiger partial charge is 0.293 e. The van der Waals surface area contributed by atoms with Gasteiger partial charge in [-0.15, -0.1) is 0 Å². The number of rotatable bonds is 7. The molecule has 3 aromatic rings. The maximum atomic E-state index is 11.8. The highest BCUT2D eigenvalue weighted by molar-refractivity contribution is 5.81. The molecule has 1 heterocycles. The van der Waals surface area contributed by atoms with Gasteiger partial charge in [0.15, 0.2) is 0 Å². The second-order valence-corrected chi connectivity index (χ2v) is 6.76. The van der Waals surface area contributed by atoms with Crippen LogP contribution >= 0.6 is 0 Å². The van der Waals surface area contributed by atoms with Crippen LogP contribution in [0.5, 0.6) is 0 Å². The van der Waals surface area contributed by atoms with Crippen LogP contribution in [0.2, 0.25) is 0 Å². The number of benzene rings is 2. The summed E-state index contributed by atoms with van der Waals surface area (Å²) < 4.78 is 0. The molecule has 150 valence electrons. The Morgan fingerprint density at radius 2 is 1.83 bits per heavy atom. The van der Waals surface area contributed by atoms with Gasteiger partial charge in [0.25, 0.3) is 5.69 Å². The molecule has 0 unspecified atom stereocenters. The van der Waals surface area contributed by atoms with Gasteiger partial charge in [-0.05, 0) is 30.0 Å². The number of nitrogens with two attached hydrogens (primary N) is 2. The van der Waals surface area contributed by atoms with Crippen molar-refractivity contribution in [2.45, 2.75) is 19.8 Å². The summed E-state index contributed by atoms with van der Waals surface area (Å²) in [5.41, 5.74) is 15.3. The molecule has 0 radical (unpaired) electrons. The van der Waals surface area contributed by atoms with Crippen molar-refractivity contribution in [1.82, 2.24) is 9.97 Å². The number of likely N-dealkylation sites (N-methyl/N-ethyl adjacent to an activating group) is 1. The van der Waals surface area contributed by atoms with Crippen LogP contribution in [0.3, 0.4) is 0 Å².